The molecule has 1 saturated heterocycles. The van der Waals surface area contributed by atoms with Crippen LogP contribution in [0.4, 0.5) is 0 Å². The van der Waals surface area contributed by atoms with Gasteiger partial charge in [-0.2, -0.15) is 5.26 Å². The van der Waals surface area contributed by atoms with Crippen molar-refractivity contribution in [2.45, 2.75) is 70.7 Å². The summed E-state index contributed by atoms with van der Waals surface area (Å²) in [4.78, 5) is 23.7. The zero-order valence-electron chi connectivity index (χ0n) is 20.7. The fourth-order valence-electron chi connectivity index (χ4n) is 5.47. The molecule has 35 heavy (non-hydrogen) atoms. The average Bonchev–Trinajstić information content (AvgIpc) is 3.28. The Morgan fingerprint density at radius 1 is 0.943 bits per heavy atom. The molecule has 1 saturated carbocycles. The van der Waals surface area contributed by atoms with Crippen molar-refractivity contribution >= 4 is 30.6 Å². The molecule has 184 valence electrons. The van der Waals surface area contributed by atoms with Gasteiger partial charge in [0.05, 0.1) is 17.6 Å². The first kappa shape index (κ1) is 25.1. The van der Waals surface area contributed by atoms with E-state index in [-0.39, 0.29) is 11.5 Å². The molecule has 2 fully saturated rings. The first-order valence-electron chi connectivity index (χ1n) is 11.7. The maximum Gasteiger partial charge on any atom is 0.305 e. The SMILES string of the molecule is CC(=O)OC1O[C@@H]2C(O[Si](c3ccccc3)(c3ccccc3)C(C)(C)C)[C@]2(CC#N)[C@H]1OC(C)=O. The second kappa shape index (κ2) is 9.23. The van der Waals surface area contributed by atoms with E-state index >= 15 is 0 Å². The molecule has 0 spiro atoms. The molecule has 0 bridgehead atoms. The van der Waals surface area contributed by atoms with Gasteiger partial charge >= 0.3 is 11.9 Å². The van der Waals surface area contributed by atoms with Crippen LogP contribution in [0.3, 0.4) is 0 Å². The van der Waals surface area contributed by atoms with E-state index in [1.165, 1.54) is 13.8 Å². The number of fused-ring (bicyclic) bond motifs is 1. The molecule has 1 heterocycles. The summed E-state index contributed by atoms with van der Waals surface area (Å²) in [5, 5.41) is 11.7. The number of esters is 2. The molecular weight excluding hydrogens is 462 g/mol. The maximum atomic E-state index is 12.0. The van der Waals surface area contributed by atoms with Gasteiger partial charge in [-0.25, -0.2) is 0 Å². The quantitative estimate of drug-likeness (QED) is 0.432. The van der Waals surface area contributed by atoms with Crippen molar-refractivity contribution in [3.05, 3.63) is 60.7 Å². The standard InChI is InChI=1S/C27H31NO6Si/c1-18(29)31-24-25(32-19(2)30)33-22-23(27(22,24)16-17-28)34-35(26(3,4)5,20-12-8-6-9-13-20)21-14-10-7-11-15-21/h6-15,22-25H,16H2,1-5H3/t22-,23?,24+,25?,27-/m1/s1. The summed E-state index contributed by atoms with van der Waals surface area (Å²) in [5.41, 5.74) is -0.923. The predicted molar refractivity (Wildman–Crippen MR) is 131 cm³/mol. The molecule has 1 aliphatic carbocycles. The van der Waals surface area contributed by atoms with Crippen molar-refractivity contribution in [3.8, 4) is 6.07 Å². The Balaban J connectivity index is 1.82. The van der Waals surface area contributed by atoms with Gasteiger partial charge in [-0.15, -0.1) is 0 Å². The first-order chi connectivity index (χ1) is 16.6. The minimum atomic E-state index is -2.95. The molecule has 5 atom stereocenters. The highest BCUT2D eigenvalue weighted by atomic mass is 28.4. The maximum absolute atomic E-state index is 12.0. The Kier molecular flexibility index (Phi) is 6.62. The summed E-state index contributed by atoms with van der Waals surface area (Å²) >= 11 is 0. The first-order valence-corrected chi connectivity index (χ1v) is 13.6. The normalized spacial score (nSPS) is 27.4. The van der Waals surface area contributed by atoms with Crippen LogP contribution in [0.2, 0.25) is 5.04 Å². The third-order valence-corrected chi connectivity index (χ3v) is 12.0. The number of carbonyl (C=O) groups is 2. The number of carbonyl (C=O) groups excluding carboxylic acids is 2. The van der Waals surface area contributed by atoms with Crippen LogP contribution in [-0.4, -0.2) is 44.9 Å². The van der Waals surface area contributed by atoms with Gasteiger partial charge in [-0.1, -0.05) is 81.4 Å². The average molecular weight is 494 g/mol. The summed E-state index contributed by atoms with van der Waals surface area (Å²) in [6.07, 6.45) is -3.02. The lowest BCUT2D eigenvalue weighted by atomic mass is 9.95. The molecule has 0 radical (unpaired) electrons. The van der Waals surface area contributed by atoms with Crippen molar-refractivity contribution in [1.29, 1.82) is 5.26 Å². The van der Waals surface area contributed by atoms with Crippen LogP contribution in [0.1, 0.15) is 41.0 Å². The van der Waals surface area contributed by atoms with E-state index in [1.54, 1.807) is 0 Å². The summed E-state index contributed by atoms with van der Waals surface area (Å²) in [6.45, 7) is 9.06. The number of hydrogen-bond donors (Lipinski definition) is 0. The fourth-order valence-corrected chi connectivity index (χ4v) is 10.2. The predicted octanol–water partition coefficient (Wildman–Crippen LogP) is 3.06. The van der Waals surface area contributed by atoms with E-state index < -0.39 is 50.3 Å². The molecule has 2 unspecified atom stereocenters. The molecule has 4 rings (SSSR count). The van der Waals surface area contributed by atoms with Crippen LogP contribution >= 0.6 is 0 Å². The van der Waals surface area contributed by atoms with Crippen molar-refractivity contribution in [1.82, 2.24) is 0 Å². The Bertz CT molecular complexity index is 1090. The monoisotopic (exact) mass is 493 g/mol. The summed E-state index contributed by atoms with van der Waals surface area (Å²) in [5.74, 6) is -1.09. The highest BCUT2D eigenvalue weighted by Gasteiger charge is 2.81. The fraction of sp³-hybridized carbons (Fsp3) is 0.444. The van der Waals surface area contributed by atoms with E-state index in [2.05, 4.69) is 51.1 Å². The Hall–Kier alpha value is -2.99. The minimum Gasteiger partial charge on any atom is -0.455 e. The minimum absolute atomic E-state index is 0.0379. The van der Waals surface area contributed by atoms with Crippen molar-refractivity contribution in [3.63, 3.8) is 0 Å². The largest absolute Gasteiger partial charge is 0.455 e. The van der Waals surface area contributed by atoms with Gasteiger partial charge in [0.1, 0.15) is 6.10 Å². The number of nitrogens with zero attached hydrogens (tertiary/aromatic N) is 1. The number of rotatable bonds is 7. The molecular formula is C27H31NO6Si. The number of ether oxygens (including phenoxy) is 3. The number of hydrogen-bond acceptors (Lipinski definition) is 7. The third-order valence-electron chi connectivity index (χ3n) is 6.96. The van der Waals surface area contributed by atoms with Crippen LogP contribution in [0.15, 0.2) is 60.7 Å². The van der Waals surface area contributed by atoms with Crippen LogP contribution in [0.5, 0.6) is 0 Å². The smallest absolute Gasteiger partial charge is 0.305 e. The van der Waals surface area contributed by atoms with Crippen LogP contribution in [0.25, 0.3) is 0 Å². The molecule has 0 amide bonds. The zero-order valence-corrected chi connectivity index (χ0v) is 21.7. The van der Waals surface area contributed by atoms with E-state index in [9.17, 15) is 14.9 Å². The van der Waals surface area contributed by atoms with Gasteiger partial charge in [-0.05, 0) is 15.4 Å². The van der Waals surface area contributed by atoms with Crippen LogP contribution in [-0.2, 0) is 28.2 Å². The molecule has 1 aliphatic heterocycles. The zero-order chi connectivity index (χ0) is 25.4. The van der Waals surface area contributed by atoms with E-state index in [0.29, 0.717) is 0 Å². The molecule has 8 heteroatoms. The topological polar surface area (TPSA) is 94.9 Å². The van der Waals surface area contributed by atoms with Crippen molar-refractivity contribution in [2.75, 3.05) is 0 Å². The second-order valence-electron chi connectivity index (χ2n) is 10.2. The van der Waals surface area contributed by atoms with Crippen molar-refractivity contribution < 1.29 is 28.2 Å². The van der Waals surface area contributed by atoms with Gasteiger partial charge in [0.2, 0.25) is 6.29 Å². The van der Waals surface area contributed by atoms with Gasteiger partial charge in [0, 0.05) is 20.3 Å². The highest BCUT2D eigenvalue weighted by molar-refractivity contribution is 6.99. The lowest BCUT2D eigenvalue weighted by molar-refractivity contribution is -0.205. The molecule has 7 nitrogen and oxygen atoms in total. The Morgan fingerprint density at radius 3 is 1.89 bits per heavy atom. The second-order valence-corrected chi connectivity index (χ2v) is 14.5. The van der Waals surface area contributed by atoms with Gasteiger partial charge < -0.3 is 18.6 Å². The van der Waals surface area contributed by atoms with E-state index in [1.807, 2.05) is 36.4 Å². The number of benzene rings is 2. The molecule has 0 aromatic heterocycles. The molecule has 2 aliphatic rings. The van der Waals surface area contributed by atoms with Gasteiger partial charge in [0.15, 0.2) is 6.10 Å². The van der Waals surface area contributed by atoms with Crippen LogP contribution in [0, 0.1) is 16.7 Å². The molecule has 2 aromatic carbocycles. The van der Waals surface area contributed by atoms with Gasteiger partial charge in [0.25, 0.3) is 8.32 Å². The summed E-state index contributed by atoms with van der Waals surface area (Å²) < 4.78 is 24.2. The van der Waals surface area contributed by atoms with Crippen LogP contribution < -0.4 is 10.4 Å². The van der Waals surface area contributed by atoms with E-state index in [4.69, 9.17) is 18.6 Å². The summed E-state index contributed by atoms with van der Waals surface area (Å²) in [6, 6.07) is 22.5. The third kappa shape index (κ3) is 4.18. The highest BCUT2D eigenvalue weighted by Crippen LogP contribution is 2.64. The lowest BCUT2D eigenvalue weighted by Gasteiger charge is -2.44. The van der Waals surface area contributed by atoms with Gasteiger partial charge in [-0.3, -0.25) is 9.59 Å². The van der Waals surface area contributed by atoms with Crippen molar-refractivity contribution in [2.24, 2.45) is 5.41 Å². The Labute approximate surface area is 207 Å². The lowest BCUT2D eigenvalue weighted by Crippen LogP contribution is -2.67. The Morgan fingerprint density at radius 2 is 1.46 bits per heavy atom. The summed E-state index contributed by atoms with van der Waals surface area (Å²) in [7, 11) is -2.95. The molecule has 2 aromatic rings. The number of nitriles is 1. The molecule has 0 N–H and O–H groups in total. The van der Waals surface area contributed by atoms with E-state index in [0.717, 1.165) is 10.4 Å².